The van der Waals surface area contributed by atoms with Gasteiger partial charge in [-0.3, -0.25) is 0 Å². The summed E-state index contributed by atoms with van der Waals surface area (Å²) in [6.45, 7) is 3.31. The van der Waals surface area contributed by atoms with Crippen molar-refractivity contribution in [3.8, 4) is 5.88 Å². The van der Waals surface area contributed by atoms with Gasteiger partial charge in [-0.25, -0.2) is 0 Å². The Morgan fingerprint density at radius 3 is 3.25 bits per heavy atom. The molecule has 88 valence electrons. The molecule has 1 saturated heterocycles. The van der Waals surface area contributed by atoms with Crippen LogP contribution in [0, 0.1) is 5.92 Å². The molecule has 1 aromatic heterocycles. The van der Waals surface area contributed by atoms with Gasteiger partial charge in [-0.2, -0.15) is 4.98 Å². The molecule has 0 aromatic carbocycles. The first-order chi connectivity index (χ1) is 7.88. The normalized spacial score (nSPS) is 19.7. The molecular formula is C12H19N3O. The number of anilines is 1. The molecule has 1 aliphatic heterocycles. The Morgan fingerprint density at radius 1 is 1.56 bits per heavy atom. The average molecular weight is 221 g/mol. The van der Waals surface area contributed by atoms with E-state index in [4.69, 9.17) is 4.74 Å². The molecule has 1 aromatic rings. The Bertz CT molecular complexity index is 324. The van der Waals surface area contributed by atoms with Crippen molar-refractivity contribution in [2.24, 2.45) is 5.92 Å². The zero-order valence-corrected chi connectivity index (χ0v) is 9.70. The molecular weight excluding hydrogens is 202 g/mol. The number of ether oxygens (including phenoxy) is 1. The topological polar surface area (TPSA) is 46.2 Å². The van der Waals surface area contributed by atoms with Gasteiger partial charge in [-0.15, -0.1) is 0 Å². The highest BCUT2D eigenvalue weighted by Gasteiger charge is 2.13. The summed E-state index contributed by atoms with van der Waals surface area (Å²) in [5, 5.41) is 6.70. The molecule has 1 fully saturated rings. The van der Waals surface area contributed by atoms with E-state index in [-0.39, 0.29) is 0 Å². The maximum atomic E-state index is 5.07. The fraction of sp³-hybridized carbons (Fsp3) is 0.583. The largest absolute Gasteiger partial charge is 0.481 e. The summed E-state index contributed by atoms with van der Waals surface area (Å²) in [5.41, 5.74) is 0. The van der Waals surface area contributed by atoms with Gasteiger partial charge in [0, 0.05) is 12.6 Å². The van der Waals surface area contributed by atoms with Crippen molar-refractivity contribution in [2.45, 2.75) is 12.8 Å². The summed E-state index contributed by atoms with van der Waals surface area (Å²) < 4.78 is 5.07. The minimum atomic E-state index is 0.660. The quantitative estimate of drug-likeness (QED) is 0.791. The van der Waals surface area contributed by atoms with Gasteiger partial charge >= 0.3 is 0 Å². The smallest absolute Gasteiger partial charge is 0.214 e. The van der Waals surface area contributed by atoms with Crippen LogP contribution in [-0.2, 0) is 0 Å². The van der Waals surface area contributed by atoms with Crippen LogP contribution in [0.3, 0.4) is 0 Å². The molecule has 0 aliphatic carbocycles. The molecule has 2 N–H and O–H groups in total. The van der Waals surface area contributed by atoms with E-state index in [0.717, 1.165) is 24.8 Å². The van der Waals surface area contributed by atoms with Gasteiger partial charge in [0.2, 0.25) is 5.88 Å². The first kappa shape index (κ1) is 11.2. The number of hydrogen-bond donors (Lipinski definition) is 2. The third-order valence-electron chi connectivity index (χ3n) is 2.95. The highest BCUT2D eigenvalue weighted by molar-refractivity contribution is 5.36. The van der Waals surface area contributed by atoms with Gasteiger partial charge in [-0.05, 0) is 37.9 Å². The number of pyridine rings is 1. The second kappa shape index (κ2) is 5.70. The first-order valence-corrected chi connectivity index (χ1v) is 5.84. The Labute approximate surface area is 96.4 Å². The van der Waals surface area contributed by atoms with Crippen molar-refractivity contribution in [1.82, 2.24) is 10.3 Å². The lowest BCUT2D eigenvalue weighted by atomic mass is 10.1. The lowest BCUT2D eigenvalue weighted by Gasteiger charge is -2.10. The molecule has 2 rings (SSSR count). The zero-order valence-electron chi connectivity index (χ0n) is 9.70. The molecule has 1 aliphatic rings. The molecule has 1 atom stereocenters. The predicted octanol–water partition coefficient (Wildman–Crippen LogP) is 1.50. The second-order valence-electron chi connectivity index (χ2n) is 4.14. The summed E-state index contributed by atoms with van der Waals surface area (Å²) >= 11 is 0. The van der Waals surface area contributed by atoms with E-state index in [1.807, 2.05) is 18.2 Å². The van der Waals surface area contributed by atoms with Crippen molar-refractivity contribution < 1.29 is 4.74 Å². The number of hydrogen-bond acceptors (Lipinski definition) is 4. The minimum Gasteiger partial charge on any atom is -0.481 e. The lowest BCUT2D eigenvalue weighted by Crippen LogP contribution is -2.13. The lowest BCUT2D eigenvalue weighted by molar-refractivity contribution is 0.398. The molecule has 4 nitrogen and oxygen atoms in total. The van der Waals surface area contributed by atoms with E-state index in [2.05, 4.69) is 15.6 Å². The fourth-order valence-electron chi connectivity index (χ4n) is 1.99. The summed E-state index contributed by atoms with van der Waals surface area (Å²) in [7, 11) is 1.64. The zero-order chi connectivity index (χ0) is 11.2. The van der Waals surface area contributed by atoms with Crippen molar-refractivity contribution in [1.29, 1.82) is 0 Å². The van der Waals surface area contributed by atoms with Crippen LogP contribution in [0.25, 0.3) is 0 Å². The molecule has 16 heavy (non-hydrogen) atoms. The van der Waals surface area contributed by atoms with Crippen molar-refractivity contribution in [3.05, 3.63) is 18.2 Å². The highest BCUT2D eigenvalue weighted by Crippen LogP contribution is 2.14. The number of nitrogens with zero attached hydrogens (tertiary/aromatic N) is 1. The van der Waals surface area contributed by atoms with Crippen LogP contribution in [0.2, 0.25) is 0 Å². The Kier molecular flexibility index (Phi) is 3.99. The Hall–Kier alpha value is -1.29. The number of nitrogens with one attached hydrogen (secondary N) is 2. The molecule has 0 saturated carbocycles. The molecule has 0 bridgehead atoms. The molecule has 1 unspecified atom stereocenters. The van der Waals surface area contributed by atoms with E-state index < -0.39 is 0 Å². The van der Waals surface area contributed by atoms with Crippen molar-refractivity contribution >= 4 is 5.82 Å². The van der Waals surface area contributed by atoms with E-state index in [0.29, 0.717) is 5.88 Å². The standard InChI is InChI=1S/C12H19N3O/c1-16-12-4-2-3-11(15-12)14-8-6-10-5-7-13-9-10/h2-4,10,13H,5-9H2,1H3,(H,14,15). The van der Waals surface area contributed by atoms with Crippen molar-refractivity contribution in [3.63, 3.8) is 0 Å². The summed E-state index contributed by atoms with van der Waals surface area (Å²) in [6, 6.07) is 5.77. The van der Waals surface area contributed by atoms with E-state index in [9.17, 15) is 0 Å². The fourth-order valence-corrected chi connectivity index (χ4v) is 1.99. The van der Waals surface area contributed by atoms with E-state index in [1.54, 1.807) is 7.11 Å². The van der Waals surface area contributed by atoms with E-state index in [1.165, 1.54) is 19.4 Å². The summed E-state index contributed by atoms with van der Waals surface area (Å²) in [4.78, 5) is 4.31. The van der Waals surface area contributed by atoms with Gasteiger partial charge in [0.05, 0.1) is 7.11 Å². The van der Waals surface area contributed by atoms with Crippen LogP contribution in [0.5, 0.6) is 5.88 Å². The van der Waals surface area contributed by atoms with Crippen LogP contribution in [0.1, 0.15) is 12.8 Å². The predicted molar refractivity (Wildman–Crippen MR) is 64.9 cm³/mol. The van der Waals surface area contributed by atoms with Gasteiger partial charge in [0.15, 0.2) is 0 Å². The molecule has 0 amide bonds. The van der Waals surface area contributed by atoms with Crippen LogP contribution < -0.4 is 15.4 Å². The Balaban J connectivity index is 1.75. The maximum Gasteiger partial charge on any atom is 0.214 e. The van der Waals surface area contributed by atoms with Crippen LogP contribution in [0.15, 0.2) is 18.2 Å². The monoisotopic (exact) mass is 221 g/mol. The molecule has 0 spiro atoms. The van der Waals surface area contributed by atoms with Crippen LogP contribution in [0.4, 0.5) is 5.82 Å². The molecule has 2 heterocycles. The average Bonchev–Trinajstić information content (AvgIpc) is 2.82. The molecule has 0 radical (unpaired) electrons. The molecule has 4 heteroatoms. The minimum absolute atomic E-state index is 0.660. The number of methoxy groups -OCH3 is 1. The Morgan fingerprint density at radius 2 is 2.50 bits per heavy atom. The van der Waals surface area contributed by atoms with Gasteiger partial charge in [0.25, 0.3) is 0 Å². The second-order valence-corrected chi connectivity index (χ2v) is 4.14. The van der Waals surface area contributed by atoms with Crippen molar-refractivity contribution in [2.75, 3.05) is 32.1 Å². The SMILES string of the molecule is COc1cccc(NCCC2CCNC2)n1. The summed E-state index contributed by atoms with van der Waals surface area (Å²) in [5.74, 6) is 2.37. The van der Waals surface area contributed by atoms with E-state index >= 15 is 0 Å². The highest BCUT2D eigenvalue weighted by atomic mass is 16.5. The van der Waals surface area contributed by atoms with Gasteiger partial charge in [-0.1, -0.05) is 6.07 Å². The number of aromatic nitrogens is 1. The summed E-state index contributed by atoms with van der Waals surface area (Å²) in [6.07, 6.45) is 2.50. The number of rotatable bonds is 5. The first-order valence-electron chi connectivity index (χ1n) is 5.84. The van der Waals surface area contributed by atoms with Crippen LogP contribution in [-0.4, -0.2) is 31.7 Å². The van der Waals surface area contributed by atoms with Gasteiger partial charge in [0.1, 0.15) is 5.82 Å². The maximum absolute atomic E-state index is 5.07. The third-order valence-corrected chi connectivity index (χ3v) is 2.95. The third kappa shape index (κ3) is 3.10. The van der Waals surface area contributed by atoms with Crippen LogP contribution >= 0.6 is 0 Å². The van der Waals surface area contributed by atoms with Gasteiger partial charge < -0.3 is 15.4 Å².